The largest absolute Gasteiger partial charge is 0.392 e. The van der Waals surface area contributed by atoms with Gasteiger partial charge in [-0.3, -0.25) is 0 Å². The molecule has 0 spiro atoms. The molecule has 0 amide bonds. The van der Waals surface area contributed by atoms with E-state index in [1.165, 1.54) is 0 Å². The summed E-state index contributed by atoms with van der Waals surface area (Å²) in [6.07, 6.45) is 0.947. The second kappa shape index (κ2) is 10.8. The lowest BCUT2D eigenvalue weighted by Crippen LogP contribution is -2.17. The molecule has 2 atom stereocenters. The highest BCUT2D eigenvalue weighted by atomic mass is 16.3. The molecule has 0 aromatic heterocycles. The quantitative estimate of drug-likeness (QED) is 0.464. The zero-order valence-corrected chi connectivity index (χ0v) is 8.03. The average molecular weight is 178 g/mol. The molecular weight excluding hydrogens is 156 g/mol. The summed E-state index contributed by atoms with van der Waals surface area (Å²) < 4.78 is 0. The van der Waals surface area contributed by atoms with Gasteiger partial charge in [-0.2, -0.15) is 0 Å². The third-order valence-corrected chi connectivity index (χ3v) is 1.49. The van der Waals surface area contributed by atoms with Crippen molar-refractivity contribution in [1.82, 2.24) is 0 Å². The number of aliphatic hydroxyl groups excluding tert-OH is 2. The van der Waals surface area contributed by atoms with E-state index in [1.54, 1.807) is 0 Å². The minimum absolute atomic E-state index is 0.287. The molecule has 0 saturated carbocycles. The molecule has 0 fully saturated rings. The van der Waals surface area contributed by atoms with Crippen LogP contribution in [0.2, 0.25) is 0 Å². The Morgan fingerprint density at radius 2 is 1.17 bits per heavy atom. The summed E-state index contributed by atoms with van der Waals surface area (Å²) in [5, 5.41) is 17.1. The molecule has 0 aliphatic heterocycles. The highest BCUT2D eigenvalue weighted by Gasteiger charge is 1.91. The highest BCUT2D eigenvalue weighted by molar-refractivity contribution is 4.48. The van der Waals surface area contributed by atoms with Gasteiger partial charge in [0, 0.05) is 13.1 Å². The number of nitrogens with two attached hydrogens (primary N) is 2. The van der Waals surface area contributed by atoms with Gasteiger partial charge in [-0.25, -0.2) is 0 Å². The minimum atomic E-state index is -0.287. The fourth-order valence-corrected chi connectivity index (χ4v) is 0.333. The Morgan fingerprint density at radius 1 is 0.917 bits per heavy atom. The molecule has 0 heterocycles. The molecule has 6 N–H and O–H groups in total. The van der Waals surface area contributed by atoms with Crippen molar-refractivity contribution in [3.63, 3.8) is 0 Å². The Kier molecular flexibility index (Phi) is 13.0. The van der Waals surface area contributed by atoms with Gasteiger partial charge < -0.3 is 21.7 Å². The topological polar surface area (TPSA) is 92.5 Å². The second-order valence-electron chi connectivity index (χ2n) is 2.60. The van der Waals surface area contributed by atoms with Crippen molar-refractivity contribution in [3.05, 3.63) is 0 Å². The van der Waals surface area contributed by atoms with Gasteiger partial charge in [-0.05, 0) is 12.8 Å². The zero-order chi connectivity index (χ0) is 9.98. The van der Waals surface area contributed by atoms with Crippen LogP contribution in [0.15, 0.2) is 0 Å². The van der Waals surface area contributed by atoms with Gasteiger partial charge in [-0.15, -0.1) is 0 Å². The number of hydrogen-bond acceptors (Lipinski definition) is 4. The van der Waals surface area contributed by atoms with Crippen LogP contribution in [0, 0.1) is 0 Å². The van der Waals surface area contributed by atoms with E-state index in [2.05, 4.69) is 0 Å². The average Bonchev–Trinajstić information content (AvgIpc) is 2.16. The first-order valence-corrected chi connectivity index (χ1v) is 4.38. The molecular formula is C8H22N2O2. The first-order chi connectivity index (χ1) is 5.62. The predicted octanol–water partition coefficient (Wildman–Crippen LogP) is -0.568. The van der Waals surface area contributed by atoms with Gasteiger partial charge in [0.25, 0.3) is 0 Å². The molecule has 4 nitrogen and oxygen atoms in total. The Balaban J connectivity index is 0. The van der Waals surface area contributed by atoms with Crippen molar-refractivity contribution < 1.29 is 10.2 Å². The Bertz CT molecular complexity index is 63.5. The van der Waals surface area contributed by atoms with Crippen molar-refractivity contribution in [2.24, 2.45) is 11.5 Å². The fraction of sp³-hybridized carbons (Fsp3) is 1.00. The van der Waals surface area contributed by atoms with E-state index < -0.39 is 0 Å². The first kappa shape index (κ1) is 14.4. The van der Waals surface area contributed by atoms with E-state index in [-0.39, 0.29) is 12.2 Å². The lowest BCUT2D eigenvalue weighted by Gasteiger charge is -1.98. The Hall–Kier alpha value is -0.160. The van der Waals surface area contributed by atoms with Crippen LogP contribution < -0.4 is 11.5 Å². The number of hydrogen-bond donors (Lipinski definition) is 4. The van der Waals surface area contributed by atoms with Gasteiger partial charge in [0.2, 0.25) is 0 Å². The third kappa shape index (κ3) is 12.5. The molecule has 0 aliphatic carbocycles. The highest BCUT2D eigenvalue weighted by Crippen LogP contribution is 1.82. The van der Waals surface area contributed by atoms with Gasteiger partial charge in [0.15, 0.2) is 0 Å². The van der Waals surface area contributed by atoms with Crippen LogP contribution in [-0.4, -0.2) is 35.5 Å². The Morgan fingerprint density at radius 3 is 1.17 bits per heavy atom. The summed E-state index contributed by atoms with van der Waals surface area (Å²) in [4.78, 5) is 0. The van der Waals surface area contributed by atoms with E-state index >= 15 is 0 Å². The molecule has 2 unspecified atom stereocenters. The standard InChI is InChI=1S/2C4H11NO/c2*1-2-4(6)3-5/h2*4,6H,2-3,5H2,1H3. The predicted molar refractivity (Wildman–Crippen MR) is 50.7 cm³/mol. The summed E-state index contributed by atoms with van der Waals surface area (Å²) in [7, 11) is 0. The summed E-state index contributed by atoms with van der Waals surface area (Å²) in [5.41, 5.74) is 10.1. The molecule has 0 rings (SSSR count). The normalized spacial score (nSPS) is 14.5. The van der Waals surface area contributed by atoms with Crippen LogP contribution >= 0.6 is 0 Å². The van der Waals surface area contributed by atoms with Crippen LogP contribution in [-0.2, 0) is 0 Å². The van der Waals surface area contributed by atoms with E-state index in [0.717, 1.165) is 12.8 Å². The SMILES string of the molecule is CCC(O)CN.CCC(O)CN. The third-order valence-electron chi connectivity index (χ3n) is 1.49. The maximum Gasteiger partial charge on any atom is 0.0659 e. The summed E-state index contributed by atoms with van der Waals surface area (Å²) in [6, 6.07) is 0. The monoisotopic (exact) mass is 178 g/mol. The summed E-state index contributed by atoms with van der Waals surface area (Å²) >= 11 is 0. The molecule has 0 aliphatic rings. The van der Waals surface area contributed by atoms with Crippen molar-refractivity contribution >= 4 is 0 Å². The molecule has 12 heavy (non-hydrogen) atoms. The van der Waals surface area contributed by atoms with Crippen molar-refractivity contribution in [2.45, 2.75) is 38.9 Å². The van der Waals surface area contributed by atoms with Crippen molar-refractivity contribution in [2.75, 3.05) is 13.1 Å². The van der Waals surface area contributed by atoms with E-state index in [9.17, 15) is 0 Å². The maximum atomic E-state index is 8.54. The van der Waals surface area contributed by atoms with Gasteiger partial charge in [0.1, 0.15) is 0 Å². The van der Waals surface area contributed by atoms with E-state index in [4.69, 9.17) is 21.7 Å². The molecule has 0 bridgehead atoms. The van der Waals surface area contributed by atoms with E-state index in [1.807, 2.05) is 13.8 Å². The summed E-state index contributed by atoms with van der Waals surface area (Å²) in [6.45, 7) is 4.57. The lowest BCUT2D eigenvalue weighted by atomic mass is 10.3. The van der Waals surface area contributed by atoms with Crippen molar-refractivity contribution in [1.29, 1.82) is 0 Å². The van der Waals surface area contributed by atoms with Crippen LogP contribution in [0.3, 0.4) is 0 Å². The number of aliphatic hydroxyl groups is 2. The minimum Gasteiger partial charge on any atom is -0.392 e. The van der Waals surface area contributed by atoms with Crippen LogP contribution in [0.5, 0.6) is 0 Å². The molecule has 0 aromatic rings. The zero-order valence-electron chi connectivity index (χ0n) is 8.03. The Labute approximate surface area is 74.6 Å². The fourth-order valence-electron chi connectivity index (χ4n) is 0.333. The summed E-state index contributed by atoms with van der Waals surface area (Å²) in [5.74, 6) is 0. The van der Waals surface area contributed by atoms with E-state index in [0.29, 0.717) is 13.1 Å². The molecule has 0 saturated heterocycles. The van der Waals surface area contributed by atoms with Gasteiger partial charge >= 0.3 is 0 Å². The molecule has 4 heteroatoms. The second-order valence-corrected chi connectivity index (χ2v) is 2.60. The van der Waals surface area contributed by atoms with Crippen LogP contribution in [0.1, 0.15) is 26.7 Å². The maximum absolute atomic E-state index is 8.54. The van der Waals surface area contributed by atoms with Crippen LogP contribution in [0.4, 0.5) is 0 Å². The smallest absolute Gasteiger partial charge is 0.0659 e. The van der Waals surface area contributed by atoms with Crippen LogP contribution in [0.25, 0.3) is 0 Å². The lowest BCUT2D eigenvalue weighted by molar-refractivity contribution is 0.178. The first-order valence-electron chi connectivity index (χ1n) is 4.38. The van der Waals surface area contributed by atoms with Gasteiger partial charge in [0.05, 0.1) is 12.2 Å². The molecule has 0 aromatic carbocycles. The van der Waals surface area contributed by atoms with Gasteiger partial charge in [-0.1, -0.05) is 13.8 Å². The van der Waals surface area contributed by atoms with Crippen molar-refractivity contribution in [3.8, 4) is 0 Å². The molecule has 76 valence electrons. The number of rotatable bonds is 4. The molecule has 0 radical (unpaired) electrons.